The van der Waals surface area contributed by atoms with Gasteiger partial charge in [-0.1, -0.05) is 64.9 Å². The van der Waals surface area contributed by atoms with Crippen LogP contribution >= 0.6 is 0 Å². The summed E-state index contributed by atoms with van der Waals surface area (Å²) < 4.78 is 5.62. The quantitative estimate of drug-likeness (QED) is 0.359. The highest BCUT2D eigenvalue weighted by molar-refractivity contribution is 5.94. The van der Waals surface area contributed by atoms with Crippen molar-refractivity contribution in [2.24, 2.45) is 0 Å². The van der Waals surface area contributed by atoms with Crippen molar-refractivity contribution in [1.29, 1.82) is 0 Å². The fourth-order valence-corrected chi connectivity index (χ4v) is 2.91. The summed E-state index contributed by atoms with van der Waals surface area (Å²) in [7, 11) is 0. The van der Waals surface area contributed by atoms with Gasteiger partial charge in [0.05, 0.1) is 11.1 Å². The third-order valence-corrected chi connectivity index (χ3v) is 4.36. The maximum absolute atomic E-state index is 12.3. The monoisotopic (exact) mass is 348 g/mol. The van der Waals surface area contributed by atoms with Gasteiger partial charge >= 0.3 is 11.9 Å². The van der Waals surface area contributed by atoms with Crippen LogP contribution in [0.25, 0.3) is 0 Å². The molecular weight excluding hydrogens is 316 g/mol. The number of rotatable bonds is 13. The molecule has 0 saturated heterocycles. The predicted octanol–water partition coefficient (Wildman–Crippen LogP) is 5.85. The third kappa shape index (κ3) is 8.71. The van der Waals surface area contributed by atoms with Crippen LogP contribution in [0.2, 0.25) is 0 Å². The number of carboxylic acids is 1. The Hall–Kier alpha value is -1.84. The molecule has 1 rings (SSSR count). The van der Waals surface area contributed by atoms with E-state index in [4.69, 9.17) is 9.84 Å². The lowest BCUT2D eigenvalue weighted by molar-refractivity contribution is 0.0253. The van der Waals surface area contributed by atoms with E-state index in [1.54, 1.807) is 12.1 Å². The Kier molecular flexibility index (Phi) is 10.6. The van der Waals surface area contributed by atoms with Crippen LogP contribution in [0, 0.1) is 0 Å². The van der Waals surface area contributed by atoms with Gasteiger partial charge in [-0.15, -0.1) is 0 Å². The molecule has 0 fully saturated rings. The molecule has 0 aliphatic rings. The van der Waals surface area contributed by atoms with E-state index >= 15 is 0 Å². The number of unbranched alkanes of at least 4 members (excludes halogenated alkanes) is 6. The van der Waals surface area contributed by atoms with Gasteiger partial charge in [0.15, 0.2) is 0 Å². The van der Waals surface area contributed by atoms with E-state index < -0.39 is 11.9 Å². The Balaban J connectivity index is 2.44. The Morgan fingerprint density at radius 2 is 1.56 bits per heavy atom. The summed E-state index contributed by atoms with van der Waals surface area (Å²) in [4.78, 5) is 23.3. The van der Waals surface area contributed by atoms with Crippen molar-refractivity contribution < 1.29 is 19.4 Å². The molecule has 1 atom stereocenters. The van der Waals surface area contributed by atoms with Gasteiger partial charge in [0.2, 0.25) is 0 Å². The van der Waals surface area contributed by atoms with Gasteiger partial charge in [-0.05, 0) is 37.5 Å². The molecule has 0 aromatic heterocycles. The number of esters is 1. The van der Waals surface area contributed by atoms with E-state index in [1.165, 1.54) is 50.7 Å². The molecule has 25 heavy (non-hydrogen) atoms. The molecule has 0 aliphatic carbocycles. The molecule has 0 saturated carbocycles. The first-order valence-corrected chi connectivity index (χ1v) is 9.62. The highest BCUT2D eigenvalue weighted by Crippen LogP contribution is 2.17. The SMILES string of the molecule is CCCCCCCCCC(CCC)OC(=O)c1cccc(C(=O)O)c1. The number of carboxylic acid groups (broad SMARTS) is 1. The molecular formula is C21H32O4. The van der Waals surface area contributed by atoms with Crippen molar-refractivity contribution in [3.63, 3.8) is 0 Å². The Bertz CT molecular complexity index is 524. The second-order valence-corrected chi connectivity index (χ2v) is 6.61. The number of benzene rings is 1. The van der Waals surface area contributed by atoms with Crippen molar-refractivity contribution in [2.75, 3.05) is 0 Å². The molecule has 1 unspecified atom stereocenters. The fraction of sp³-hybridized carbons (Fsp3) is 0.619. The Morgan fingerprint density at radius 1 is 0.920 bits per heavy atom. The molecule has 0 aliphatic heterocycles. The van der Waals surface area contributed by atoms with Gasteiger partial charge in [-0.2, -0.15) is 0 Å². The molecule has 0 bridgehead atoms. The third-order valence-electron chi connectivity index (χ3n) is 4.36. The van der Waals surface area contributed by atoms with E-state index in [0.29, 0.717) is 5.56 Å². The van der Waals surface area contributed by atoms with Crippen molar-refractivity contribution in [2.45, 2.75) is 84.2 Å². The minimum atomic E-state index is -1.04. The van der Waals surface area contributed by atoms with Crippen molar-refractivity contribution in [3.8, 4) is 0 Å². The zero-order chi connectivity index (χ0) is 18.5. The van der Waals surface area contributed by atoms with Gasteiger partial charge in [0.1, 0.15) is 6.10 Å². The number of carbonyl (C=O) groups excluding carboxylic acids is 1. The van der Waals surface area contributed by atoms with Crippen LogP contribution in [0.5, 0.6) is 0 Å². The minimum Gasteiger partial charge on any atom is -0.478 e. The van der Waals surface area contributed by atoms with Crippen LogP contribution in [0.4, 0.5) is 0 Å². The summed E-state index contributed by atoms with van der Waals surface area (Å²) in [5, 5.41) is 9.03. The summed E-state index contributed by atoms with van der Waals surface area (Å²) in [6, 6.07) is 6.03. The normalized spacial score (nSPS) is 11.9. The average molecular weight is 348 g/mol. The molecule has 1 aromatic rings. The highest BCUT2D eigenvalue weighted by Gasteiger charge is 2.16. The predicted molar refractivity (Wildman–Crippen MR) is 100 cm³/mol. The van der Waals surface area contributed by atoms with Crippen molar-refractivity contribution in [3.05, 3.63) is 35.4 Å². The second-order valence-electron chi connectivity index (χ2n) is 6.61. The summed E-state index contributed by atoms with van der Waals surface area (Å²) in [5.74, 6) is -1.47. The van der Waals surface area contributed by atoms with Crippen molar-refractivity contribution in [1.82, 2.24) is 0 Å². The van der Waals surface area contributed by atoms with Gasteiger partial charge in [-0.3, -0.25) is 0 Å². The van der Waals surface area contributed by atoms with E-state index in [0.717, 1.165) is 25.7 Å². The number of hydrogen-bond donors (Lipinski definition) is 1. The summed E-state index contributed by atoms with van der Waals surface area (Å²) in [5.41, 5.74) is 0.411. The van der Waals surface area contributed by atoms with E-state index in [-0.39, 0.29) is 11.7 Å². The number of carbonyl (C=O) groups is 2. The van der Waals surface area contributed by atoms with E-state index in [9.17, 15) is 9.59 Å². The van der Waals surface area contributed by atoms with Gasteiger partial charge in [0.25, 0.3) is 0 Å². The van der Waals surface area contributed by atoms with Crippen LogP contribution in [0.1, 0.15) is 98.8 Å². The topological polar surface area (TPSA) is 63.6 Å². The number of aromatic carboxylic acids is 1. The first-order valence-electron chi connectivity index (χ1n) is 9.62. The van der Waals surface area contributed by atoms with Gasteiger partial charge in [-0.25, -0.2) is 9.59 Å². The molecule has 0 spiro atoms. The fourth-order valence-electron chi connectivity index (χ4n) is 2.91. The Morgan fingerprint density at radius 3 is 2.20 bits per heavy atom. The average Bonchev–Trinajstić information content (AvgIpc) is 2.61. The highest BCUT2D eigenvalue weighted by atomic mass is 16.5. The van der Waals surface area contributed by atoms with Crippen LogP contribution < -0.4 is 0 Å². The molecule has 4 heteroatoms. The van der Waals surface area contributed by atoms with Crippen LogP contribution in [-0.4, -0.2) is 23.1 Å². The lowest BCUT2D eigenvalue weighted by atomic mass is 10.0. The molecule has 1 aromatic carbocycles. The lowest BCUT2D eigenvalue weighted by Crippen LogP contribution is -2.18. The first kappa shape index (κ1) is 21.2. The van der Waals surface area contributed by atoms with Crippen molar-refractivity contribution >= 4 is 11.9 Å². The molecule has 140 valence electrons. The maximum atomic E-state index is 12.3. The zero-order valence-electron chi connectivity index (χ0n) is 15.6. The van der Waals surface area contributed by atoms with Crippen LogP contribution in [0.3, 0.4) is 0 Å². The number of ether oxygens (including phenoxy) is 1. The van der Waals surface area contributed by atoms with Gasteiger partial charge in [0, 0.05) is 0 Å². The summed E-state index contributed by atoms with van der Waals surface area (Å²) >= 11 is 0. The molecule has 0 amide bonds. The standard InChI is InChI=1S/C21H32O4/c1-3-5-6-7-8-9-10-15-19(12-4-2)25-21(24)18-14-11-13-17(16-18)20(22)23/h11,13-14,16,19H,3-10,12,15H2,1-2H3,(H,22,23). The molecule has 1 N–H and O–H groups in total. The molecule has 4 nitrogen and oxygen atoms in total. The van der Waals surface area contributed by atoms with Crippen LogP contribution in [-0.2, 0) is 4.74 Å². The summed E-state index contributed by atoms with van der Waals surface area (Å²) in [6.45, 7) is 4.30. The van der Waals surface area contributed by atoms with E-state index in [1.807, 2.05) is 0 Å². The number of hydrogen-bond acceptors (Lipinski definition) is 3. The second kappa shape index (κ2) is 12.5. The van der Waals surface area contributed by atoms with E-state index in [2.05, 4.69) is 13.8 Å². The molecule has 0 radical (unpaired) electrons. The minimum absolute atomic E-state index is 0.0818. The molecule has 0 heterocycles. The Labute approximate surface area is 151 Å². The lowest BCUT2D eigenvalue weighted by Gasteiger charge is -2.17. The maximum Gasteiger partial charge on any atom is 0.338 e. The van der Waals surface area contributed by atoms with Crippen LogP contribution in [0.15, 0.2) is 24.3 Å². The van der Waals surface area contributed by atoms with Gasteiger partial charge < -0.3 is 9.84 Å². The summed E-state index contributed by atoms with van der Waals surface area (Å²) in [6.07, 6.45) is 11.3. The zero-order valence-corrected chi connectivity index (χ0v) is 15.6. The smallest absolute Gasteiger partial charge is 0.338 e. The largest absolute Gasteiger partial charge is 0.478 e. The first-order chi connectivity index (χ1) is 12.1.